The standard InChI is InChI=1S/C21H25N3O2S/c1-16-9-11-18(12-10-16)27(25,26)24-20-8-4-3-7-19(20)22-21(24)15-23-13-5-6-17(2)14-23/h3-4,7-12,17H,5-6,13-15H2,1-2H3/t17-/m0/s1. The van der Waals surface area contributed by atoms with Gasteiger partial charge in [0.15, 0.2) is 0 Å². The lowest BCUT2D eigenvalue weighted by Crippen LogP contribution is -2.35. The van der Waals surface area contributed by atoms with Crippen LogP contribution in [-0.4, -0.2) is 35.4 Å². The van der Waals surface area contributed by atoms with E-state index in [0.29, 0.717) is 34.2 Å². The Hall–Kier alpha value is -2.18. The van der Waals surface area contributed by atoms with E-state index in [2.05, 4.69) is 16.8 Å². The predicted octanol–water partition coefficient (Wildman–Crippen LogP) is 3.81. The Morgan fingerprint density at radius 3 is 2.59 bits per heavy atom. The van der Waals surface area contributed by atoms with E-state index in [1.165, 1.54) is 10.4 Å². The number of fused-ring (bicyclic) bond motifs is 1. The summed E-state index contributed by atoms with van der Waals surface area (Å²) in [6, 6.07) is 14.5. The molecule has 5 nitrogen and oxygen atoms in total. The Labute approximate surface area is 160 Å². The van der Waals surface area contributed by atoms with Crippen LogP contribution in [0.25, 0.3) is 11.0 Å². The Morgan fingerprint density at radius 1 is 1.11 bits per heavy atom. The van der Waals surface area contributed by atoms with E-state index in [4.69, 9.17) is 0 Å². The van der Waals surface area contributed by atoms with Crippen molar-refractivity contribution in [1.82, 2.24) is 13.9 Å². The number of hydrogen-bond donors (Lipinski definition) is 0. The van der Waals surface area contributed by atoms with Gasteiger partial charge in [-0.2, -0.15) is 0 Å². The van der Waals surface area contributed by atoms with Gasteiger partial charge in [0.05, 0.1) is 22.5 Å². The summed E-state index contributed by atoms with van der Waals surface area (Å²) in [6.45, 7) is 6.71. The fourth-order valence-corrected chi connectivity index (χ4v) is 5.35. The first-order valence-electron chi connectivity index (χ1n) is 9.46. The lowest BCUT2D eigenvalue weighted by molar-refractivity contribution is 0.173. The van der Waals surface area contributed by atoms with Crippen LogP contribution in [0.3, 0.4) is 0 Å². The van der Waals surface area contributed by atoms with E-state index < -0.39 is 10.0 Å². The minimum atomic E-state index is -3.71. The van der Waals surface area contributed by atoms with Gasteiger partial charge in [-0.1, -0.05) is 36.8 Å². The zero-order valence-corrected chi connectivity index (χ0v) is 16.6. The second-order valence-corrected chi connectivity index (χ2v) is 9.37. The van der Waals surface area contributed by atoms with E-state index in [-0.39, 0.29) is 0 Å². The Morgan fingerprint density at radius 2 is 1.85 bits per heavy atom. The van der Waals surface area contributed by atoms with Gasteiger partial charge in [-0.25, -0.2) is 17.4 Å². The minimum Gasteiger partial charge on any atom is -0.296 e. The summed E-state index contributed by atoms with van der Waals surface area (Å²) in [7, 11) is -3.71. The average molecular weight is 384 g/mol. The van der Waals surface area contributed by atoms with Gasteiger partial charge in [-0.05, 0) is 56.5 Å². The van der Waals surface area contributed by atoms with Crippen molar-refractivity contribution in [3.8, 4) is 0 Å². The molecule has 1 fully saturated rings. The van der Waals surface area contributed by atoms with Crippen molar-refractivity contribution in [2.24, 2.45) is 5.92 Å². The normalized spacial score (nSPS) is 18.8. The average Bonchev–Trinajstić information content (AvgIpc) is 3.00. The number of aromatic nitrogens is 2. The molecule has 0 N–H and O–H groups in total. The minimum absolute atomic E-state index is 0.296. The van der Waals surface area contributed by atoms with Crippen LogP contribution in [0, 0.1) is 12.8 Å². The number of rotatable bonds is 4. The van der Waals surface area contributed by atoms with Gasteiger partial charge in [-0.15, -0.1) is 0 Å². The molecule has 2 aromatic carbocycles. The van der Waals surface area contributed by atoms with Crippen LogP contribution in [0.15, 0.2) is 53.4 Å². The van der Waals surface area contributed by atoms with Gasteiger partial charge in [0.1, 0.15) is 5.82 Å². The van der Waals surface area contributed by atoms with Crippen molar-refractivity contribution < 1.29 is 8.42 Å². The van der Waals surface area contributed by atoms with Crippen LogP contribution in [0.4, 0.5) is 0 Å². The summed E-state index contributed by atoms with van der Waals surface area (Å²) in [4.78, 5) is 7.30. The van der Waals surface area contributed by atoms with E-state index in [9.17, 15) is 8.42 Å². The van der Waals surface area contributed by atoms with Crippen LogP contribution in [0.1, 0.15) is 31.2 Å². The predicted molar refractivity (Wildman–Crippen MR) is 107 cm³/mol. The summed E-state index contributed by atoms with van der Waals surface area (Å²) in [6.07, 6.45) is 2.38. The molecular weight excluding hydrogens is 358 g/mol. The highest BCUT2D eigenvalue weighted by Crippen LogP contribution is 2.25. The number of para-hydroxylation sites is 2. The molecule has 6 heteroatoms. The molecule has 3 aromatic rings. The van der Waals surface area contributed by atoms with Crippen LogP contribution < -0.4 is 0 Å². The second-order valence-electron chi connectivity index (χ2n) is 7.58. The van der Waals surface area contributed by atoms with Crippen LogP contribution in [-0.2, 0) is 16.6 Å². The number of piperidine rings is 1. The van der Waals surface area contributed by atoms with Gasteiger partial charge < -0.3 is 0 Å². The summed E-state index contributed by atoms with van der Waals surface area (Å²) in [5.74, 6) is 1.22. The smallest absolute Gasteiger partial charge is 0.269 e. The van der Waals surface area contributed by atoms with Gasteiger partial charge >= 0.3 is 0 Å². The first-order chi connectivity index (χ1) is 12.9. The summed E-state index contributed by atoms with van der Waals surface area (Å²) < 4.78 is 28.3. The molecule has 1 saturated heterocycles. The fraction of sp³-hybridized carbons (Fsp3) is 0.381. The van der Waals surface area contributed by atoms with E-state index in [1.807, 2.05) is 43.3 Å². The molecule has 0 radical (unpaired) electrons. The zero-order valence-electron chi connectivity index (χ0n) is 15.8. The van der Waals surface area contributed by atoms with Crippen molar-refractivity contribution in [1.29, 1.82) is 0 Å². The number of hydrogen-bond acceptors (Lipinski definition) is 4. The highest BCUT2D eigenvalue weighted by atomic mass is 32.2. The van der Waals surface area contributed by atoms with E-state index in [0.717, 1.165) is 25.1 Å². The molecule has 0 amide bonds. The fourth-order valence-electron chi connectivity index (χ4n) is 3.87. The lowest BCUT2D eigenvalue weighted by atomic mass is 10.0. The molecular formula is C21H25N3O2S. The second kappa shape index (κ2) is 7.09. The number of benzene rings is 2. The van der Waals surface area contributed by atoms with Gasteiger partial charge in [0.25, 0.3) is 10.0 Å². The van der Waals surface area contributed by atoms with E-state index in [1.54, 1.807) is 12.1 Å². The van der Waals surface area contributed by atoms with Gasteiger partial charge in [-0.3, -0.25) is 4.90 Å². The SMILES string of the molecule is Cc1ccc(S(=O)(=O)n2c(CN3CCC[C@H](C)C3)nc3ccccc32)cc1. The van der Waals surface area contributed by atoms with Crippen molar-refractivity contribution in [3.63, 3.8) is 0 Å². The van der Waals surface area contributed by atoms with Crippen LogP contribution in [0.2, 0.25) is 0 Å². The summed E-state index contributed by atoms with van der Waals surface area (Å²) in [5, 5.41) is 0. The summed E-state index contributed by atoms with van der Waals surface area (Å²) in [5.41, 5.74) is 2.39. The molecule has 142 valence electrons. The molecule has 4 rings (SSSR count). The van der Waals surface area contributed by atoms with Crippen LogP contribution >= 0.6 is 0 Å². The number of likely N-dealkylation sites (tertiary alicyclic amines) is 1. The molecule has 0 spiro atoms. The molecule has 27 heavy (non-hydrogen) atoms. The maximum Gasteiger partial charge on any atom is 0.269 e. The van der Waals surface area contributed by atoms with Crippen molar-refractivity contribution in [2.45, 2.75) is 38.1 Å². The van der Waals surface area contributed by atoms with Crippen molar-refractivity contribution in [3.05, 3.63) is 59.9 Å². The van der Waals surface area contributed by atoms with Gasteiger partial charge in [0, 0.05) is 6.54 Å². The topological polar surface area (TPSA) is 55.2 Å². The Kier molecular flexibility index (Phi) is 4.78. The first-order valence-corrected chi connectivity index (χ1v) is 10.9. The number of nitrogens with zero attached hydrogens (tertiary/aromatic N) is 3. The Balaban J connectivity index is 1.81. The Bertz CT molecular complexity index is 1050. The van der Waals surface area contributed by atoms with Crippen molar-refractivity contribution in [2.75, 3.05) is 13.1 Å². The van der Waals surface area contributed by atoms with Gasteiger partial charge in [0.2, 0.25) is 0 Å². The molecule has 0 unspecified atom stereocenters. The van der Waals surface area contributed by atoms with E-state index >= 15 is 0 Å². The third kappa shape index (κ3) is 3.51. The first kappa shape index (κ1) is 18.2. The number of imidazole rings is 1. The monoisotopic (exact) mass is 383 g/mol. The molecule has 0 aliphatic carbocycles. The number of aryl methyl sites for hydroxylation is 1. The highest BCUT2D eigenvalue weighted by molar-refractivity contribution is 7.90. The molecule has 0 saturated carbocycles. The third-order valence-corrected chi connectivity index (χ3v) is 7.01. The zero-order chi connectivity index (χ0) is 19.0. The third-order valence-electron chi connectivity index (χ3n) is 5.25. The quantitative estimate of drug-likeness (QED) is 0.687. The molecule has 2 heterocycles. The summed E-state index contributed by atoms with van der Waals surface area (Å²) >= 11 is 0. The van der Waals surface area contributed by atoms with Crippen LogP contribution in [0.5, 0.6) is 0 Å². The molecule has 1 aliphatic heterocycles. The molecule has 1 atom stereocenters. The maximum atomic E-state index is 13.5. The molecule has 1 aliphatic rings. The highest BCUT2D eigenvalue weighted by Gasteiger charge is 2.26. The molecule has 1 aromatic heterocycles. The largest absolute Gasteiger partial charge is 0.296 e. The maximum absolute atomic E-state index is 13.5. The molecule has 0 bridgehead atoms. The van der Waals surface area contributed by atoms with Crippen molar-refractivity contribution >= 4 is 21.1 Å². The lowest BCUT2D eigenvalue weighted by Gasteiger charge is -2.30.